The molecule has 2 aromatic heterocycles. The monoisotopic (exact) mass is 592 g/mol. The lowest BCUT2D eigenvalue weighted by Gasteiger charge is -2.26. The lowest BCUT2D eigenvalue weighted by atomic mass is 9.99. The number of benzene rings is 7. The van der Waals surface area contributed by atoms with Crippen molar-refractivity contribution in [3.63, 3.8) is 0 Å². The van der Waals surface area contributed by atoms with Crippen LogP contribution in [-0.4, -0.2) is 4.57 Å². The molecule has 9 aromatic rings. The molecule has 212 valence electrons. The molecule has 2 nitrogen and oxygen atoms in total. The highest BCUT2D eigenvalue weighted by atomic mass is 32.1. The molecule has 0 spiro atoms. The lowest BCUT2D eigenvalue weighted by molar-refractivity contribution is 1.18. The van der Waals surface area contributed by atoms with Crippen LogP contribution in [0.4, 0.5) is 17.1 Å². The highest BCUT2D eigenvalue weighted by molar-refractivity contribution is 7.25. The maximum Gasteiger partial charge on any atom is 0.0547 e. The number of anilines is 3. The van der Waals surface area contributed by atoms with Crippen LogP contribution in [0.5, 0.6) is 0 Å². The van der Waals surface area contributed by atoms with Gasteiger partial charge < -0.3 is 9.47 Å². The van der Waals surface area contributed by atoms with Crippen LogP contribution in [0.1, 0.15) is 0 Å². The van der Waals surface area contributed by atoms with Gasteiger partial charge >= 0.3 is 0 Å². The first kappa shape index (κ1) is 25.8. The van der Waals surface area contributed by atoms with Gasteiger partial charge in [0.25, 0.3) is 0 Å². The van der Waals surface area contributed by atoms with Gasteiger partial charge in [-0.2, -0.15) is 0 Å². The van der Waals surface area contributed by atoms with Crippen molar-refractivity contribution in [3.8, 4) is 16.8 Å². The molecule has 7 aromatic carbocycles. The van der Waals surface area contributed by atoms with Crippen LogP contribution in [0.2, 0.25) is 0 Å². The maximum atomic E-state index is 2.40. The van der Waals surface area contributed by atoms with E-state index in [1.54, 1.807) is 0 Å². The number of hydrogen-bond donors (Lipinski definition) is 0. The third kappa shape index (κ3) is 4.24. The van der Waals surface area contributed by atoms with Crippen LogP contribution in [0.15, 0.2) is 170 Å². The zero-order chi connectivity index (χ0) is 29.7. The van der Waals surface area contributed by atoms with Crippen LogP contribution in [0.3, 0.4) is 0 Å². The summed E-state index contributed by atoms with van der Waals surface area (Å²) >= 11 is 1.86. The Morgan fingerprint density at radius 3 is 1.91 bits per heavy atom. The van der Waals surface area contributed by atoms with Crippen LogP contribution in [0, 0.1) is 0 Å². The number of para-hydroxylation sites is 2. The summed E-state index contributed by atoms with van der Waals surface area (Å²) in [5.74, 6) is 0. The van der Waals surface area contributed by atoms with Crippen molar-refractivity contribution >= 4 is 70.4 Å². The number of aromatic nitrogens is 1. The standard InChI is InChI=1S/C42H28N2S/c1-4-13-29(14-5-1)34-20-12-21-39-42(34)37-27-32(24-26-38(37)44(39)31-17-8-3-9-18-31)43(30-15-6-2-7-16-30)33-23-25-36-35-19-10-11-22-40(35)45-41(36)28-33/h1-28H. The summed E-state index contributed by atoms with van der Waals surface area (Å²) in [6.07, 6.45) is 0. The van der Waals surface area contributed by atoms with Gasteiger partial charge in [0, 0.05) is 53.7 Å². The van der Waals surface area contributed by atoms with Crippen molar-refractivity contribution in [2.24, 2.45) is 0 Å². The van der Waals surface area contributed by atoms with Crippen molar-refractivity contribution in [1.82, 2.24) is 4.57 Å². The summed E-state index contributed by atoms with van der Waals surface area (Å²) in [6, 6.07) is 61.4. The number of nitrogens with zero attached hydrogens (tertiary/aromatic N) is 2. The SMILES string of the molecule is c1ccc(-c2cccc3c2c2cc(N(c4ccccc4)c4ccc5c(c4)sc4ccccc45)ccc2n3-c2ccccc2)cc1. The number of thiophene rings is 1. The van der Waals surface area contributed by atoms with Crippen molar-refractivity contribution in [2.45, 2.75) is 0 Å². The average molecular weight is 593 g/mol. The fourth-order valence-corrected chi connectivity index (χ4v) is 7.93. The zero-order valence-corrected chi connectivity index (χ0v) is 25.3. The predicted molar refractivity (Wildman–Crippen MR) is 194 cm³/mol. The molecule has 0 aliphatic rings. The van der Waals surface area contributed by atoms with Gasteiger partial charge in [-0.1, -0.05) is 103 Å². The predicted octanol–water partition coefficient (Wildman–Crippen LogP) is 12.3. The minimum absolute atomic E-state index is 1.13. The van der Waals surface area contributed by atoms with E-state index >= 15 is 0 Å². The molecule has 3 heteroatoms. The first-order chi connectivity index (χ1) is 22.3. The molecule has 0 radical (unpaired) electrons. The Hall–Kier alpha value is -5.64. The minimum atomic E-state index is 1.13. The van der Waals surface area contributed by atoms with E-state index in [4.69, 9.17) is 0 Å². The van der Waals surface area contributed by atoms with Gasteiger partial charge in [0.2, 0.25) is 0 Å². The molecule has 0 atom stereocenters. The molecule has 0 unspecified atom stereocenters. The van der Waals surface area contributed by atoms with E-state index in [1.165, 1.54) is 53.1 Å². The molecular formula is C42H28N2S. The van der Waals surface area contributed by atoms with E-state index < -0.39 is 0 Å². The van der Waals surface area contributed by atoms with Crippen molar-refractivity contribution in [1.29, 1.82) is 0 Å². The highest BCUT2D eigenvalue weighted by Crippen LogP contribution is 2.44. The smallest absolute Gasteiger partial charge is 0.0547 e. The molecule has 2 heterocycles. The van der Waals surface area contributed by atoms with E-state index in [1.807, 2.05) is 11.3 Å². The molecule has 0 N–H and O–H groups in total. The van der Waals surface area contributed by atoms with E-state index in [0.29, 0.717) is 0 Å². The topological polar surface area (TPSA) is 8.17 Å². The van der Waals surface area contributed by atoms with Crippen molar-refractivity contribution in [2.75, 3.05) is 4.90 Å². The van der Waals surface area contributed by atoms with E-state index in [9.17, 15) is 0 Å². The third-order valence-electron chi connectivity index (χ3n) is 8.77. The first-order valence-electron chi connectivity index (χ1n) is 15.3. The molecular weight excluding hydrogens is 565 g/mol. The number of rotatable bonds is 5. The summed E-state index contributed by atoms with van der Waals surface area (Å²) in [5.41, 5.74) is 9.42. The largest absolute Gasteiger partial charge is 0.310 e. The van der Waals surface area contributed by atoms with Crippen molar-refractivity contribution in [3.05, 3.63) is 170 Å². The van der Waals surface area contributed by atoms with Gasteiger partial charge in [0.1, 0.15) is 0 Å². The van der Waals surface area contributed by atoms with Gasteiger partial charge in [0.15, 0.2) is 0 Å². The summed E-state index contributed by atoms with van der Waals surface area (Å²) in [6.45, 7) is 0. The van der Waals surface area contributed by atoms with Crippen LogP contribution < -0.4 is 4.90 Å². The van der Waals surface area contributed by atoms with E-state index in [0.717, 1.165) is 22.7 Å². The van der Waals surface area contributed by atoms with E-state index in [2.05, 4.69) is 179 Å². The Labute approximate surface area is 265 Å². The fourth-order valence-electron chi connectivity index (χ4n) is 6.79. The Balaban J connectivity index is 1.32. The van der Waals surface area contributed by atoms with Crippen LogP contribution in [0.25, 0.3) is 58.8 Å². The molecule has 0 aliphatic heterocycles. The van der Waals surface area contributed by atoms with Gasteiger partial charge in [-0.25, -0.2) is 0 Å². The number of fused-ring (bicyclic) bond motifs is 6. The Bertz CT molecular complexity index is 2470. The second-order valence-electron chi connectivity index (χ2n) is 11.4. The lowest BCUT2D eigenvalue weighted by Crippen LogP contribution is -2.09. The van der Waals surface area contributed by atoms with Gasteiger partial charge in [-0.15, -0.1) is 11.3 Å². The van der Waals surface area contributed by atoms with Crippen molar-refractivity contribution < 1.29 is 0 Å². The third-order valence-corrected chi connectivity index (χ3v) is 9.90. The number of hydrogen-bond acceptors (Lipinski definition) is 2. The Morgan fingerprint density at radius 1 is 0.422 bits per heavy atom. The summed E-state index contributed by atoms with van der Waals surface area (Å²) in [4.78, 5) is 2.39. The molecule has 0 saturated carbocycles. The second kappa shape index (κ2) is 10.5. The minimum Gasteiger partial charge on any atom is -0.310 e. The molecule has 0 amide bonds. The molecule has 0 bridgehead atoms. The molecule has 45 heavy (non-hydrogen) atoms. The second-order valence-corrected chi connectivity index (χ2v) is 12.5. The summed E-state index contributed by atoms with van der Waals surface area (Å²) in [5, 5.41) is 5.12. The Morgan fingerprint density at radius 2 is 1.09 bits per heavy atom. The quantitative estimate of drug-likeness (QED) is 0.193. The average Bonchev–Trinajstić information content (AvgIpc) is 3.65. The summed E-state index contributed by atoms with van der Waals surface area (Å²) in [7, 11) is 0. The molecule has 0 fully saturated rings. The van der Waals surface area contributed by atoms with Crippen LogP contribution >= 0.6 is 11.3 Å². The van der Waals surface area contributed by atoms with Crippen LogP contribution in [-0.2, 0) is 0 Å². The molecule has 0 aliphatic carbocycles. The normalized spacial score (nSPS) is 11.6. The zero-order valence-electron chi connectivity index (χ0n) is 24.5. The highest BCUT2D eigenvalue weighted by Gasteiger charge is 2.20. The first-order valence-corrected chi connectivity index (χ1v) is 16.1. The fraction of sp³-hybridized carbons (Fsp3) is 0. The maximum absolute atomic E-state index is 2.40. The molecule has 9 rings (SSSR count). The Kier molecular flexibility index (Phi) is 6.03. The van der Waals surface area contributed by atoms with Gasteiger partial charge in [-0.3, -0.25) is 0 Å². The van der Waals surface area contributed by atoms with Gasteiger partial charge in [0.05, 0.1) is 11.0 Å². The van der Waals surface area contributed by atoms with Gasteiger partial charge in [-0.05, 0) is 77.9 Å². The molecule has 0 saturated heterocycles. The summed E-state index contributed by atoms with van der Waals surface area (Å²) < 4.78 is 5.01. The van der Waals surface area contributed by atoms with E-state index in [-0.39, 0.29) is 0 Å².